The summed E-state index contributed by atoms with van der Waals surface area (Å²) in [5.41, 5.74) is 6.63. The molecule has 0 spiro atoms. The molecule has 1 heterocycles. The second kappa shape index (κ2) is 6.29. The number of rotatable bonds is 6. The van der Waals surface area contributed by atoms with Gasteiger partial charge in [0.2, 0.25) is 5.95 Å². The maximum atomic E-state index is 5.68. The Hall–Kier alpha value is -1.95. The molecule has 0 amide bonds. The molecule has 0 aliphatic carbocycles. The molecule has 0 aliphatic rings. The number of para-hydroxylation sites is 1. The van der Waals surface area contributed by atoms with Crippen LogP contribution in [0.1, 0.15) is 13.8 Å². The predicted molar refractivity (Wildman–Crippen MR) is 75.3 cm³/mol. The van der Waals surface area contributed by atoms with Crippen molar-refractivity contribution in [2.75, 3.05) is 24.5 Å². The zero-order valence-electron chi connectivity index (χ0n) is 11.4. The number of anilines is 1. The predicted octanol–water partition coefficient (Wildman–Crippen LogP) is 1.08. The Labute approximate surface area is 113 Å². The molecular weight excluding hydrogens is 240 g/mol. The molecule has 6 heteroatoms. The maximum absolute atomic E-state index is 5.68. The number of tetrazole rings is 1. The van der Waals surface area contributed by atoms with Gasteiger partial charge >= 0.3 is 0 Å². The largest absolute Gasteiger partial charge is 0.338 e. The lowest BCUT2D eigenvalue weighted by molar-refractivity contribution is 0.596. The molecular formula is C13H20N6. The molecule has 0 saturated carbocycles. The van der Waals surface area contributed by atoms with Gasteiger partial charge in [-0.1, -0.05) is 37.1 Å². The first-order valence-electron chi connectivity index (χ1n) is 6.51. The highest BCUT2D eigenvalue weighted by molar-refractivity contribution is 5.40. The Bertz CT molecular complexity index is 493. The number of nitrogens with two attached hydrogens (primary N) is 1. The lowest BCUT2D eigenvalue weighted by Crippen LogP contribution is -2.34. The van der Waals surface area contributed by atoms with Crippen molar-refractivity contribution in [3.05, 3.63) is 30.3 Å². The first-order chi connectivity index (χ1) is 9.22. The third-order valence-electron chi connectivity index (χ3n) is 2.72. The van der Waals surface area contributed by atoms with Gasteiger partial charge in [-0.3, -0.25) is 0 Å². The van der Waals surface area contributed by atoms with E-state index in [1.807, 2.05) is 30.3 Å². The van der Waals surface area contributed by atoms with Crippen LogP contribution in [0.15, 0.2) is 30.3 Å². The van der Waals surface area contributed by atoms with E-state index in [1.54, 1.807) is 4.68 Å². The standard InChI is InChI=1S/C13H20N6/c1-11(2)10-18(9-8-14)13-15-16-17-19(13)12-6-4-3-5-7-12/h3-7,11H,8-10,14H2,1-2H3. The normalized spacial score (nSPS) is 10.9. The molecule has 1 aromatic heterocycles. The van der Waals surface area contributed by atoms with Crippen molar-refractivity contribution in [1.29, 1.82) is 0 Å². The van der Waals surface area contributed by atoms with Gasteiger partial charge in [0, 0.05) is 19.6 Å². The molecule has 2 aromatic rings. The van der Waals surface area contributed by atoms with Crippen LogP contribution in [0.4, 0.5) is 5.95 Å². The van der Waals surface area contributed by atoms with Crippen molar-refractivity contribution in [3.8, 4) is 5.69 Å². The lowest BCUT2D eigenvalue weighted by atomic mass is 10.2. The van der Waals surface area contributed by atoms with Crippen LogP contribution in [0.25, 0.3) is 5.69 Å². The highest BCUT2D eigenvalue weighted by atomic mass is 15.6. The summed E-state index contributed by atoms with van der Waals surface area (Å²) >= 11 is 0. The molecule has 0 saturated heterocycles. The van der Waals surface area contributed by atoms with E-state index in [9.17, 15) is 0 Å². The summed E-state index contributed by atoms with van der Waals surface area (Å²) in [5, 5.41) is 12.0. The topological polar surface area (TPSA) is 72.9 Å². The van der Waals surface area contributed by atoms with E-state index >= 15 is 0 Å². The van der Waals surface area contributed by atoms with Crippen LogP contribution < -0.4 is 10.6 Å². The van der Waals surface area contributed by atoms with Crippen LogP contribution in [0.5, 0.6) is 0 Å². The highest BCUT2D eigenvalue weighted by Gasteiger charge is 2.16. The SMILES string of the molecule is CC(C)CN(CCN)c1nnnn1-c1ccccc1. The molecule has 0 fully saturated rings. The van der Waals surface area contributed by atoms with Crippen molar-refractivity contribution >= 4 is 5.95 Å². The van der Waals surface area contributed by atoms with Crippen LogP contribution in [0, 0.1) is 5.92 Å². The van der Waals surface area contributed by atoms with Crippen LogP contribution in [-0.4, -0.2) is 39.8 Å². The monoisotopic (exact) mass is 260 g/mol. The Morgan fingerprint density at radius 3 is 2.63 bits per heavy atom. The molecule has 102 valence electrons. The Morgan fingerprint density at radius 1 is 1.26 bits per heavy atom. The van der Waals surface area contributed by atoms with E-state index in [1.165, 1.54) is 0 Å². The molecule has 0 bridgehead atoms. The second-order valence-electron chi connectivity index (χ2n) is 4.85. The Kier molecular flexibility index (Phi) is 4.46. The summed E-state index contributed by atoms with van der Waals surface area (Å²) in [5.74, 6) is 1.26. The minimum atomic E-state index is 0.521. The fourth-order valence-electron chi connectivity index (χ4n) is 1.99. The van der Waals surface area contributed by atoms with Gasteiger partial charge in [-0.05, 0) is 28.5 Å². The third kappa shape index (κ3) is 3.29. The summed E-state index contributed by atoms with van der Waals surface area (Å²) in [6, 6.07) is 9.87. The molecule has 2 rings (SSSR count). The molecule has 0 radical (unpaired) electrons. The van der Waals surface area contributed by atoms with Crippen LogP contribution in [0.2, 0.25) is 0 Å². The quantitative estimate of drug-likeness (QED) is 0.841. The number of aromatic nitrogens is 4. The third-order valence-corrected chi connectivity index (χ3v) is 2.72. The minimum absolute atomic E-state index is 0.521. The van der Waals surface area contributed by atoms with Gasteiger partial charge in [0.1, 0.15) is 0 Å². The van der Waals surface area contributed by atoms with Crippen LogP contribution >= 0.6 is 0 Å². The zero-order valence-corrected chi connectivity index (χ0v) is 11.4. The van der Waals surface area contributed by atoms with E-state index < -0.39 is 0 Å². The average Bonchev–Trinajstić information content (AvgIpc) is 2.88. The van der Waals surface area contributed by atoms with Crippen molar-refractivity contribution in [2.45, 2.75) is 13.8 Å². The number of hydrogen-bond acceptors (Lipinski definition) is 5. The second-order valence-corrected chi connectivity index (χ2v) is 4.85. The van der Waals surface area contributed by atoms with Crippen LogP contribution in [0.3, 0.4) is 0 Å². The summed E-state index contributed by atoms with van der Waals surface area (Å²) in [7, 11) is 0. The summed E-state index contributed by atoms with van der Waals surface area (Å²) in [6.07, 6.45) is 0. The smallest absolute Gasteiger partial charge is 0.250 e. The molecule has 1 aromatic carbocycles. The van der Waals surface area contributed by atoms with Gasteiger partial charge in [0.15, 0.2) is 0 Å². The van der Waals surface area contributed by atoms with E-state index in [4.69, 9.17) is 5.73 Å². The van der Waals surface area contributed by atoms with Gasteiger partial charge < -0.3 is 10.6 Å². The summed E-state index contributed by atoms with van der Waals surface area (Å²) in [4.78, 5) is 2.12. The van der Waals surface area contributed by atoms with Crippen LogP contribution in [-0.2, 0) is 0 Å². The Morgan fingerprint density at radius 2 is 2.00 bits per heavy atom. The molecule has 0 aliphatic heterocycles. The van der Waals surface area contributed by atoms with E-state index in [0.717, 1.165) is 24.7 Å². The lowest BCUT2D eigenvalue weighted by Gasteiger charge is -2.24. The number of benzene rings is 1. The molecule has 0 atom stereocenters. The number of nitrogens with zero attached hydrogens (tertiary/aromatic N) is 5. The zero-order chi connectivity index (χ0) is 13.7. The Balaban J connectivity index is 2.31. The van der Waals surface area contributed by atoms with Crippen molar-refractivity contribution in [3.63, 3.8) is 0 Å². The van der Waals surface area contributed by atoms with Crippen molar-refractivity contribution < 1.29 is 0 Å². The molecule has 2 N–H and O–H groups in total. The number of hydrogen-bond donors (Lipinski definition) is 1. The minimum Gasteiger partial charge on any atom is -0.338 e. The summed E-state index contributed by atoms with van der Waals surface area (Å²) in [6.45, 7) is 6.53. The fraction of sp³-hybridized carbons (Fsp3) is 0.462. The van der Waals surface area contributed by atoms with Gasteiger partial charge in [0.05, 0.1) is 5.69 Å². The van der Waals surface area contributed by atoms with Gasteiger partial charge in [-0.2, -0.15) is 4.68 Å². The van der Waals surface area contributed by atoms with Gasteiger partial charge in [-0.15, -0.1) is 0 Å². The molecule has 19 heavy (non-hydrogen) atoms. The van der Waals surface area contributed by atoms with Crippen molar-refractivity contribution in [2.24, 2.45) is 11.7 Å². The van der Waals surface area contributed by atoms with E-state index in [2.05, 4.69) is 34.3 Å². The first-order valence-corrected chi connectivity index (χ1v) is 6.51. The fourth-order valence-corrected chi connectivity index (χ4v) is 1.99. The van der Waals surface area contributed by atoms with Gasteiger partial charge in [0.25, 0.3) is 0 Å². The van der Waals surface area contributed by atoms with E-state index in [0.29, 0.717) is 12.5 Å². The average molecular weight is 260 g/mol. The van der Waals surface area contributed by atoms with Gasteiger partial charge in [-0.25, -0.2) is 0 Å². The maximum Gasteiger partial charge on any atom is 0.250 e. The molecule has 6 nitrogen and oxygen atoms in total. The highest BCUT2D eigenvalue weighted by Crippen LogP contribution is 2.16. The molecule has 0 unspecified atom stereocenters. The van der Waals surface area contributed by atoms with E-state index in [-0.39, 0.29) is 0 Å². The first kappa shape index (κ1) is 13.5. The van der Waals surface area contributed by atoms with Crippen molar-refractivity contribution in [1.82, 2.24) is 20.2 Å². The summed E-state index contributed by atoms with van der Waals surface area (Å²) < 4.78 is 1.75.